The van der Waals surface area contributed by atoms with Crippen LogP contribution in [0.2, 0.25) is 0 Å². The third kappa shape index (κ3) is 3.99. The van der Waals surface area contributed by atoms with Crippen LogP contribution in [0.25, 0.3) is 6.08 Å². The largest absolute Gasteiger partial charge is 0.478 e. The van der Waals surface area contributed by atoms with Crippen LogP contribution in [0.4, 0.5) is 0 Å². The van der Waals surface area contributed by atoms with Crippen molar-refractivity contribution in [3.05, 3.63) is 39.2 Å². The molecule has 0 aliphatic carbocycles. The van der Waals surface area contributed by atoms with Crippen LogP contribution in [0.1, 0.15) is 31.8 Å². The van der Waals surface area contributed by atoms with E-state index in [1.54, 1.807) is 13.0 Å². The van der Waals surface area contributed by atoms with Crippen molar-refractivity contribution in [3.63, 3.8) is 0 Å². The molecule has 21 heavy (non-hydrogen) atoms. The standard InChI is InChI=1S/C13H13N3O4S/c1-7-5-10(21-9(7)3-4-12(17)18)13(19)14-6-11-15-8(2)16-20-11/h3-5H,6H2,1-2H3,(H,14,19)(H,17,18)/b4-3+. The summed E-state index contributed by atoms with van der Waals surface area (Å²) in [5, 5.41) is 14.9. The van der Waals surface area contributed by atoms with Crippen molar-refractivity contribution in [1.29, 1.82) is 0 Å². The first-order valence-electron chi connectivity index (χ1n) is 6.04. The number of aromatic nitrogens is 2. The van der Waals surface area contributed by atoms with Crippen molar-refractivity contribution in [2.45, 2.75) is 20.4 Å². The van der Waals surface area contributed by atoms with E-state index < -0.39 is 5.97 Å². The average molecular weight is 307 g/mol. The van der Waals surface area contributed by atoms with Gasteiger partial charge in [0.15, 0.2) is 5.82 Å². The Morgan fingerprint density at radius 2 is 2.24 bits per heavy atom. The first-order chi connectivity index (χ1) is 9.95. The van der Waals surface area contributed by atoms with E-state index in [0.29, 0.717) is 16.6 Å². The summed E-state index contributed by atoms with van der Waals surface area (Å²) in [4.78, 5) is 27.7. The number of aryl methyl sites for hydroxylation is 2. The van der Waals surface area contributed by atoms with Crippen LogP contribution in [-0.4, -0.2) is 27.1 Å². The lowest BCUT2D eigenvalue weighted by Gasteiger charge is -1.98. The summed E-state index contributed by atoms with van der Waals surface area (Å²) < 4.78 is 4.90. The zero-order chi connectivity index (χ0) is 15.4. The number of aliphatic carboxylic acids is 1. The number of carbonyl (C=O) groups is 2. The molecule has 0 saturated carbocycles. The second-order valence-corrected chi connectivity index (χ2v) is 5.33. The smallest absolute Gasteiger partial charge is 0.328 e. The van der Waals surface area contributed by atoms with Crippen LogP contribution in [0.3, 0.4) is 0 Å². The minimum Gasteiger partial charge on any atom is -0.478 e. The van der Waals surface area contributed by atoms with Gasteiger partial charge in [-0.15, -0.1) is 11.3 Å². The van der Waals surface area contributed by atoms with Crippen molar-refractivity contribution in [3.8, 4) is 0 Å². The van der Waals surface area contributed by atoms with Gasteiger partial charge in [-0.05, 0) is 31.6 Å². The van der Waals surface area contributed by atoms with E-state index in [9.17, 15) is 9.59 Å². The van der Waals surface area contributed by atoms with Gasteiger partial charge < -0.3 is 14.9 Å². The third-order valence-corrected chi connectivity index (χ3v) is 3.73. The molecule has 0 radical (unpaired) electrons. The maximum Gasteiger partial charge on any atom is 0.328 e. The highest BCUT2D eigenvalue weighted by atomic mass is 32.1. The van der Waals surface area contributed by atoms with Crippen LogP contribution in [-0.2, 0) is 11.3 Å². The highest BCUT2D eigenvalue weighted by molar-refractivity contribution is 7.15. The number of rotatable bonds is 5. The Kier molecular flexibility index (Phi) is 4.49. The number of hydrogen-bond donors (Lipinski definition) is 2. The molecular weight excluding hydrogens is 294 g/mol. The van der Waals surface area contributed by atoms with E-state index in [1.807, 2.05) is 6.92 Å². The molecule has 2 N–H and O–H groups in total. The molecule has 7 nitrogen and oxygen atoms in total. The molecule has 2 heterocycles. The quantitative estimate of drug-likeness (QED) is 0.816. The van der Waals surface area contributed by atoms with Crippen LogP contribution in [0.15, 0.2) is 16.7 Å². The van der Waals surface area contributed by atoms with Crippen LogP contribution in [0.5, 0.6) is 0 Å². The zero-order valence-corrected chi connectivity index (χ0v) is 12.2. The van der Waals surface area contributed by atoms with E-state index in [1.165, 1.54) is 17.4 Å². The number of thiophene rings is 1. The monoisotopic (exact) mass is 307 g/mol. The lowest BCUT2D eigenvalue weighted by Crippen LogP contribution is -2.21. The van der Waals surface area contributed by atoms with Gasteiger partial charge in [-0.3, -0.25) is 4.79 Å². The number of carboxylic acid groups (broad SMARTS) is 1. The normalized spacial score (nSPS) is 11.0. The maximum absolute atomic E-state index is 12.0. The average Bonchev–Trinajstić information content (AvgIpc) is 3.00. The van der Waals surface area contributed by atoms with Crippen LogP contribution < -0.4 is 5.32 Å². The molecule has 0 bridgehead atoms. The van der Waals surface area contributed by atoms with E-state index in [0.717, 1.165) is 16.5 Å². The maximum atomic E-state index is 12.0. The predicted molar refractivity (Wildman–Crippen MR) is 75.9 cm³/mol. The molecule has 0 aliphatic rings. The summed E-state index contributed by atoms with van der Waals surface area (Å²) in [5.74, 6) is -0.457. The number of carboxylic acids is 1. The summed E-state index contributed by atoms with van der Waals surface area (Å²) in [7, 11) is 0. The molecule has 2 aromatic heterocycles. The van der Waals surface area contributed by atoms with E-state index >= 15 is 0 Å². The predicted octanol–water partition coefficient (Wildman–Crippen LogP) is 1.78. The number of amides is 1. The molecule has 0 fully saturated rings. The van der Waals surface area contributed by atoms with Gasteiger partial charge in [-0.1, -0.05) is 5.16 Å². The molecular formula is C13H13N3O4S. The fourth-order valence-corrected chi connectivity index (χ4v) is 2.57. The molecule has 110 valence electrons. The fourth-order valence-electron chi connectivity index (χ4n) is 1.58. The van der Waals surface area contributed by atoms with Gasteiger partial charge >= 0.3 is 5.97 Å². The van der Waals surface area contributed by atoms with Crippen LogP contribution >= 0.6 is 11.3 Å². The van der Waals surface area contributed by atoms with Gasteiger partial charge in [0.05, 0.1) is 11.4 Å². The van der Waals surface area contributed by atoms with Crippen molar-refractivity contribution >= 4 is 29.3 Å². The number of carbonyl (C=O) groups excluding carboxylic acids is 1. The first kappa shape index (κ1) is 14.9. The second kappa shape index (κ2) is 6.31. The number of nitrogens with zero attached hydrogens (tertiary/aromatic N) is 2. The minimum absolute atomic E-state index is 0.150. The number of hydrogen-bond acceptors (Lipinski definition) is 6. The van der Waals surface area contributed by atoms with E-state index in [4.69, 9.17) is 9.63 Å². The Balaban J connectivity index is 2.02. The second-order valence-electron chi connectivity index (χ2n) is 4.25. The molecule has 0 saturated heterocycles. The SMILES string of the molecule is Cc1noc(CNC(=O)c2cc(C)c(/C=C/C(=O)O)s2)n1. The fraction of sp³-hybridized carbons (Fsp3) is 0.231. The molecule has 2 rings (SSSR count). The minimum atomic E-state index is -1.03. The molecule has 1 amide bonds. The Morgan fingerprint density at radius 1 is 1.48 bits per heavy atom. The highest BCUT2D eigenvalue weighted by Gasteiger charge is 2.12. The summed E-state index contributed by atoms with van der Waals surface area (Å²) in [6, 6.07) is 1.71. The van der Waals surface area contributed by atoms with Crippen molar-refractivity contribution < 1.29 is 19.2 Å². The highest BCUT2D eigenvalue weighted by Crippen LogP contribution is 2.23. The molecule has 2 aromatic rings. The Hall–Kier alpha value is -2.48. The van der Waals surface area contributed by atoms with Gasteiger partial charge in [0.2, 0.25) is 5.89 Å². The van der Waals surface area contributed by atoms with Gasteiger partial charge in [0.1, 0.15) is 0 Å². The lowest BCUT2D eigenvalue weighted by atomic mass is 10.2. The van der Waals surface area contributed by atoms with Crippen molar-refractivity contribution in [2.75, 3.05) is 0 Å². The Labute approximate surface area is 124 Å². The Bertz CT molecular complexity index is 702. The summed E-state index contributed by atoms with van der Waals surface area (Å²) in [5.41, 5.74) is 0.844. The van der Waals surface area contributed by atoms with E-state index in [-0.39, 0.29) is 12.5 Å². The molecule has 8 heteroatoms. The van der Waals surface area contributed by atoms with Gasteiger partial charge in [-0.2, -0.15) is 4.98 Å². The van der Waals surface area contributed by atoms with Gasteiger partial charge in [-0.25, -0.2) is 4.79 Å². The molecule has 0 aromatic carbocycles. The van der Waals surface area contributed by atoms with Crippen molar-refractivity contribution in [1.82, 2.24) is 15.5 Å². The van der Waals surface area contributed by atoms with Crippen molar-refractivity contribution in [2.24, 2.45) is 0 Å². The van der Waals surface area contributed by atoms with E-state index in [2.05, 4.69) is 15.5 Å². The van der Waals surface area contributed by atoms with Crippen LogP contribution in [0, 0.1) is 13.8 Å². The topological polar surface area (TPSA) is 105 Å². The molecule has 0 spiro atoms. The first-order valence-corrected chi connectivity index (χ1v) is 6.86. The lowest BCUT2D eigenvalue weighted by molar-refractivity contribution is -0.131. The molecule has 0 aliphatic heterocycles. The summed E-state index contributed by atoms with van der Waals surface area (Å²) in [6.07, 6.45) is 2.52. The molecule has 0 unspecified atom stereocenters. The summed E-state index contributed by atoms with van der Waals surface area (Å²) >= 11 is 1.22. The Morgan fingerprint density at radius 3 is 2.86 bits per heavy atom. The summed E-state index contributed by atoms with van der Waals surface area (Å²) in [6.45, 7) is 3.66. The number of nitrogens with one attached hydrogen (secondary N) is 1. The van der Waals surface area contributed by atoms with Gasteiger partial charge in [0.25, 0.3) is 5.91 Å². The van der Waals surface area contributed by atoms with Gasteiger partial charge in [0, 0.05) is 11.0 Å². The third-order valence-electron chi connectivity index (χ3n) is 2.53. The zero-order valence-electron chi connectivity index (χ0n) is 11.4. The molecule has 0 atom stereocenters.